The summed E-state index contributed by atoms with van der Waals surface area (Å²) in [6, 6.07) is 13.4. The molecule has 0 aliphatic carbocycles. The lowest BCUT2D eigenvalue weighted by Gasteiger charge is -2.35. The summed E-state index contributed by atoms with van der Waals surface area (Å²) in [6.07, 6.45) is 0.473. The lowest BCUT2D eigenvalue weighted by molar-refractivity contribution is -0.149. The van der Waals surface area contributed by atoms with Crippen molar-refractivity contribution in [1.29, 1.82) is 0 Å². The summed E-state index contributed by atoms with van der Waals surface area (Å²) >= 11 is 0. The Hall–Kier alpha value is -2.67. The Morgan fingerprint density at radius 2 is 1.76 bits per heavy atom. The number of rotatable bonds is 6. The number of sulfone groups is 1. The minimum absolute atomic E-state index is 0.0821. The molecule has 1 saturated heterocycles. The molecule has 154 valence electrons. The van der Waals surface area contributed by atoms with Crippen LogP contribution in [0.5, 0.6) is 5.75 Å². The molecule has 0 saturated carbocycles. The van der Waals surface area contributed by atoms with E-state index in [4.69, 9.17) is 4.74 Å². The van der Waals surface area contributed by atoms with Gasteiger partial charge in [0.2, 0.25) is 11.8 Å². The zero-order valence-corrected chi connectivity index (χ0v) is 17.6. The summed E-state index contributed by atoms with van der Waals surface area (Å²) in [5.41, 5.74) is 1.57. The van der Waals surface area contributed by atoms with Crippen molar-refractivity contribution in [2.75, 3.05) is 13.7 Å². The maximum atomic E-state index is 13.3. The monoisotopic (exact) mass is 415 g/mol. The number of likely N-dealkylation sites (tertiary alicyclic amines) is 1. The minimum Gasteiger partial charge on any atom is -0.497 e. The molecule has 0 radical (unpaired) electrons. The molecule has 1 fully saturated rings. The molecule has 0 aromatic heterocycles. The Kier molecular flexibility index (Phi) is 6.07. The third kappa shape index (κ3) is 4.05. The number of aryl methyl sites for hydroxylation is 1. The molecule has 2 unspecified atom stereocenters. The summed E-state index contributed by atoms with van der Waals surface area (Å²) < 4.78 is 31.8. The van der Waals surface area contributed by atoms with Crippen LogP contribution in [0.15, 0.2) is 53.4 Å². The molecule has 2 aromatic carbocycles. The van der Waals surface area contributed by atoms with Crippen LogP contribution < -0.4 is 4.74 Å². The van der Waals surface area contributed by atoms with Crippen LogP contribution in [0, 0.1) is 6.92 Å². The van der Waals surface area contributed by atoms with Gasteiger partial charge >= 0.3 is 0 Å². The molecule has 0 spiro atoms. The number of imide groups is 1. The van der Waals surface area contributed by atoms with Crippen molar-refractivity contribution < 1.29 is 22.7 Å². The molecule has 3 rings (SSSR count). The molecule has 2 amide bonds. The second-order valence-corrected chi connectivity index (χ2v) is 9.37. The fourth-order valence-electron chi connectivity index (χ4n) is 3.62. The van der Waals surface area contributed by atoms with Gasteiger partial charge in [-0.25, -0.2) is 8.42 Å². The Balaban J connectivity index is 2.05. The zero-order valence-electron chi connectivity index (χ0n) is 16.8. The van der Waals surface area contributed by atoms with E-state index in [1.807, 2.05) is 13.8 Å². The predicted molar refractivity (Wildman–Crippen MR) is 110 cm³/mol. The minimum atomic E-state index is -3.93. The van der Waals surface area contributed by atoms with E-state index in [0.717, 1.165) is 10.5 Å². The van der Waals surface area contributed by atoms with Gasteiger partial charge in [-0.1, -0.05) is 36.8 Å². The molecule has 2 atom stereocenters. The highest BCUT2D eigenvalue weighted by atomic mass is 32.2. The van der Waals surface area contributed by atoms with Crippen LogP contribution in [0.4, 0.5) is 0 Å². The first kappa shape index (κ1) is 21.0. The first-order chi connectivity index (χ1) is 13.8. The largest absolute Gasteiger partial charge is 0.497 e. The van der Waals surface area contributed by atoms with Gasteiger partial charge < -0.3 is 4.74 Å². The Morgan fingerprint density at radius 1 is 1.07 bits per heavy atom. The molecule has 29 heavy (non-hydrogen) atoms. The molecular weight excluding hydrogens is 390 g/mol. The number of piperidine rings is 1. The maximum Gasteiger partial charge on any atom is 0.247 e. The van der Waals surface area contributed by atoms with E-state index in [1.165, 1.54) is 19.2 Å². The highest BCUT2D eigenvalue weighted by Gasteiger charge is 2.47. The van der Waals surface area contributed by atoms with Gasteiger partial charge in [-0.05, 0) is 49.6 Å². The second kappa shape index (κ2) is 8.37. The van der Waals surface area contributed by atoms with Crippen LogP contribution in [0.2, 0.25) is 0 Å². The molecule has 0 N–H and O–H groups in total. The second-order valence-electron chi connectivity index (χ2n) is 7.24. The average molecular weight is 416 g/mol. The van der Waals surface area contributed by atoms with Crippen LogP contribution >= 0.6 is 0 Å². The molecule has 1 aliphatic heterocycles. The molecule has 6 nitrogen and oxygen atoms in total. The first-order valence-electron chi connectivity index (χ1n) is 9.59. The molecule has 0 bridgehead atoms. The smallest absolute Gasteiger partial charge is 0.247 e. The number of ether oxygens (including phenoxy) is 1. The highest BCUT2D eigenvalue weighted by Crippen LogP contribution is 2.35. The fraction of sp³-hybridized carbons (Fsp3) is 0.364. The standard InChI is InChI=1S/C22H25NO5S/c1-4-12-23-21(24)19(16-6-5-7-17(13-16)28-3)14-20(22(23)25)29(26,27)18-10-8-15(2)9-11-18/h5-11,13,19-20H,4,12,14H2,1-3H3. The number of nitrogens with zero attached hydrogens (tertiary/aromatic N) is 1. The van der Waals surface area contributed by atoms with Gasteiger partial charge in [-0.3, -0.25) is 14.5 Å². The normalized spacial score (nSPS) is 20.0. The predicted octanol–water partition coefficient (Wildman–Crippen LogP) is 3.10. The maximum absolute atomic E-state index is 13.3. The van der Waals surface area contributed by atoms with Gasteiger partial charge in [-0.2, -0.15) is 0 Å². The van der Waals surface area contributed by atoms with E-state index in [9.17, 15) is 18.0 Å². The molecule has 1 heterocycles. The average Bonchev–Trinajstić information content (AvgIpc) is 2.71. The molecule has 2 aromatic rings. The number of carbonyl (C=O) groups excluding carboxylic acids is 2. The van der Waals surface area contributed by atoms with Crippen LogP contribution in [-0.2, 0) is 19.4 Å². The van der Waals surface area contributed by atoms with Gasteiger partial charge in [0, 0.05) is 6.54 Å². The van der Waals surface area contributed by atoms with E-state index in [2.05, 4.69) is 0 Å². The number of methoxy groups -OCH3 is 1. The zero-order chi connectivity index (χ0) is 21.2. The Bertz CT molecular complexity index is 1010. The number of hydrogen-bond donors (Lipinski definition) is 0. The lowest BCUT2D eigenvalue weighted by Crippen LogP contribution is -2.53. The summed E-state index contributed by atoms with van der Waals surface area (Å²) in [5.74, 6) is -1.15. The van der Waals surface area contributed by atoms with Crippen LogP contribution in [-0.4, -0.2) is 44.0 Å². The van der Waals surface area contributed by atoms with Crippen molar-refractivity contribution in [2.45, 2.75) is 42.8 Å². The number of amides is 2. The van der Waals surface area contributed by atoms with E-state index >= 15 is 0 Å². The van der Waals surface area contributed by atoms with E-state index < -0.39 is 26.9 Å². The SMILES string of the molecule is CCCN1C(=O)C(c2cccc(OC)c2)CC(S(=O)(=O)c2ccc(C)cc2)C1=O. The molecule has 1 aliphatic rings. The van der Waals surface area contributed by atoms with Crippen molar-refractivity contribution in [1.82, 2.24) is 4.90 Å². The van der Waals surface area contributed by atoms with Crippen molar-refractivity contribution >= 4 is 21.7 Å². The van der Waals surface area contributed by atoms with Gasteiger partial charge in [0.05, 0.1) is 17.9 Å². The number of hydrogen-bond acceptors (Lipinski definition) is 5. The van der Waals surface area contributed by atoms with Gasteiger partial charge in [-0.15, -0.1) is 0 Å². The van der Waals surface area contributed by atoms with Crippen molar-refractivity contribution in [3.8, 4) is 5.75 Å². The lowest BCUT2D eigenvalue weighted by atomic mass is 9.89. The van der Waals surface area contributed by atoms with E-state index in [1.54, 1.807) is 36.4 Å². The van der Waals surface area contributed by atoms with Crippen LogP contribution in [0.25, 0.3) is 0 Å². The summed E-state index contributed by atoms with van der Waals surface area (Å²) in [5, 5.41) is -1.30. The molecule has 7 heteroatoms. The Labute approximate surface area is 171 Å². The summed E-state index contributed by atoms with van der Waals surface area (Å²) in [4.78, 5) is 27.3. The van der Waals surface area contributed by atoms with Crippen molar-refractivity contribution in [3.05, 3.63) is 59.7 Å². The topological polar surface area (TPSA) is 80.8 Å². The van der Waals surface area contributed by atoms with E-state index in [-0.39, 0.29) is 23.8 Å². The summed E-state index contributed by atoms with van der Waals surface area (Å²) in [7, 11) is -2.41. The number of carbonyl (C=O) groups is 2. The third-order valence-electron chi connectivity index (χ3n) is 5.22. The van der Waals surface area contributed by atoms with E-state index in [0.29, 0.717) is 17.7 Å². The number of benzene rings is 2. The van der Waals surface area contributed by atoms with Crippen LogP contribution in [0.1, 0.15) is 36.8 Å². The quantitative estimate of drug-likeness (QED) is 0.677. The third-order valence-corrected chi connectivity index (χ3v) is 7.30. The first-order valence-corrected chi connectivity index (χ1v) is 11.1. The van der Waals surface area contributed by atoms with Gasteiger partial charge in [0.1, 0.15) is 11.0 Å². The van der Waals surface area contributed by atoms with Gasteiger partial charge in [0.15, 0.2) is 9.84 Å². The van der Waals surface area contributed by atoms with Crippen molar-refractivity contribution in [2.24, 2.45) is 0 Å². The van der Waals surface area contributed by atoms with Crippen LogP contribution in [0.3, 0.4) is 0 Å². The Morgan fingerprint density at radius 3 is 2.38 bits per heavy atom. The summed E-state index contributed by atoms with van der Waals surface area (Å²) in [6.45, 7) is 3.90. The van der Waals surface area contributed by atoms with Crippen molar-refractivity contribution in [3.63, 3.8) is 0 Å². The fourth-order valence-corrected chi connectivity index (χ4v) is 5.30. The van der Waals surface area contributed by atoms with Gasteiger partial charge in [0.25, 0.3) is 0 Å². The molecular formula is C22H25NO5S. The highest BCUT2D eigenvalue weighted by molar-refractivity contribution is 7.92.